The fourth-order valence-corrected chi connectivity index (χ4v) is 3.66. The molecule has 0 aliphatic heterocycles. The van der Waals surface area contributed by atoms with Crippen molar-refractivity contribution in [1.82, 2.24) is 34.6 Å². The molecule has 32 heavy (non-hydrogen) atoms. The van der Waals surface area contributed by atoms with E-state index < -0.39 is 6.03 Å². The number of amides is 2. The van der Waals surface area contributed by atoms with E-state index in [9.17, 15) is 4.79 Å². The molecule has 0 aromatic carbocycles. The molecule has 0 radical (unpaired) electrons. The van der Waals surface area contributed by atoms with Gasteiger partial charge < -0.3 is 15.4 Å². The Morgan fingerprint density at radius 3 is 2.50 bits per heavy atom. The minimum atomic E-state index is -0.521. The van der Waals surface area contributed by atoms with Crippen molar-refractivity contribution in [1.29, 1.82) is 0 Å². The van der Waals surface area contributed by atoms with E-state index >= 15 is 0 Å². The van der Waals surface area contributed by atoms with E-state index in [1.54, 1.807) is 23.8 Å². The molecule has 0 aliphatic carbocycles. The fraction of sp³-hybridized carbons (Fsp3) is 0.263. The molecule has 4 rings (SSSR count). The topological polar surface area (TPSA) is 124 Å². The van der Waals surface area contributed by atoms with Gasteiger partial charge in [-0.25, -0.2) is 19.3 Å². The molecule has 13 heteroatoms. The van der Waals surface area contributed by atoms with E-state index in [0.29, 0.717) is 28.5 Å². The van der Waals surface area contributed by atoms with Gasteiger partial charge in [-0.15, -0.1) is 4.80 Å². The van der Waals surface area contributed by atoms with E-state index in [0.717, 1.165) is 0 Å². The normalized spacial score (nSPS) is 12.3. The molecule has 4 aromatic rings. The summed E-state index contributed by atoms with van der Waals surface area (Å²) in [5.74, 6) is 0.429. The van der Waals surface area contributed by atoms with Crippen molar-refractivity contribution in [2.45, 2.75) is 20.0 Å². The maximum absolute atomic E-state index is 12.7. The summed E-state index contributed by atoms with van der Waals surface area (Å²) < 4.78 is 7.24. The number of ether oxygens (including phenoxy) is 1. The molecule has 2 amide bonds. The lowest BCUT2D eigenvalue weighted by atomic mass is 10.0. The van der Waals surface area contributed by atoms with E-state index in [-0.39, 0.29) is 22.2 Å². The number of anilines is 2. The van der Waals surface area contributed by atoms with Crippen LogP contribution in [0.25, 0.3) is 11.5 Å². The number of fused-ring (bicyclic) bond motifs is 1. The van der Waals surface area contributed by atoms with Crippen LogP contribution in [0.3, 0.4) is 0 Å². The summed E-state index contributed by atoms with van der Waals surface area (Å²) in [6.07, 6.45) is 5.64. The predicted molar refractivity (Wildman–Crippen MR) is 119 cm³/mol. The summed E-state index contributed by atoms with van der Waals surface area (Å²) in [7, 11) is 1.59. The van der Waals surface area contributed by atoms with Gasteiger partial charge in [0.05, 0.1) is 46.9 Å². The van der Waals surface area contributed by atoms with Crippen molar-refractivity contribution in [3.05, 3.63) is 52.8 Å². The Morgan fingerprint density at radius 2 is 1.84 bits per heavy atom. The molecule has 2 N–H and O–H groups in total. The molecule has 0 saturated carbocycles. The number of nitrogens with one attached hydrogen (secondary N) is 2. The molecule has 0 saturated heterocycles. The maximum Gasteiger partial charge on any atom is 0.323 e. The van der Waals surface area contributed by atoms with Crippen molar-refractivity contribution in [2.24, 2.45) is 5.92 Å². The van der Waals surface area contributed by atoms with E-state index in [1.807, 2.05) is 13.8 Å². The molecule has 166 valence electrons. The van der Waals surface area contributed by atoms with Crippen molar-refractivity contribution in [3.63, 3.8) is 0 Å². The highest BCUT2D eigenvalue weighted by Gasteiger charge is 2.25. The Labute approximate surface area is 192 Å². The van der Waals surface area contributed by atoms with Crippen molar-refractivity contribution in [2.75, 3.05) is 17.7 Å². The van der Waals surface area contributed by atoms with Gasteiger partial charge in [-0.2, -0.15) is 15.3 Å². The largest absolute Gasteiger partial charge is 0.375 e. The number of carbonyl (C=O) groups excluding carboxylic acids is 1. The number of urea groups is 1. The summed E-state index contributed by atoms with van der Waals surface area (Å²) in [5.41, 5.74) is 1.96. The van der Waals surface area contributed by atoms with Crippen LogP contribution >= 0.6 is 23.2 Å². The molecular weight excluding hydrogens is 457 g/mol. The number of carbonyl (C=O) groups is 1. The lowest BCUT2D eigenvalue weighted by Crippen LogP contribution is -2.24. The number of hydrogen-bond donors (Lipinski definition) is 2. The molecular formula is C19H19Cl2N9O2. The Morgan fingerprint density at radius 1 is 1.09 bits per heavy atom. The first kappa shape index (κ1) is 21.9. The minimum absolute atomic E-state index is 0.0867. The molecule has 0 bridgehead atoms. The van der Waals surface area contributed by atoms with Crippen LogP contribution in [-0.4, -0.2) is 47.7 Å². The zero-order valence-corrected chi connectivity index (χ0v) is 18.8. The summed E-state index contributed by atoms with van der Waals surface area (Å²) in [6, 6.07) is 2.66. The molecule has 11 nitrogen and oxygen atoms in total. The van der Waals surface area contributed by atoms with E-state index in [4.69, 9.17) is 27.9 Å². The molecule has 0 aliphatic rings. The minimum Gasteiger partial charge on any atom is -0.375 e. The first-order valence-corrected chi connectivity index (χ1v) is 10.3. The number of rotatable bonds is 6. The second kappa shape index (κ2) is 9.07. The number of hydrogen-bond acceptors (Lipinski definition) is 7. The van der Waals surface area contributed by atoms with Crippen molar-refractivity contribution < 1.29 is 9.53 Å². The molecule has 4 heterocycles. The Hall–Kier alpha value is -3.28. The van der Waals surface area contributed by atoms with Gasteiger partial charge in [-0.05, 0) is 12.0 Å². The summed E-state index contributed by atoms with van der Waals surface area (Å²) in [6.45, 7) is 4.00. The van der Waals surface area contributed by atoms with Crippen LogP contribution in [0.5, 0.6) is 0 Å². The number of aromatic nitrogens is 7. The van der Waals surface area contributed by atoms with Gasteiger partial charge in [-0.1, -0.05) is 37.0 Å². The average Bonchev–Trinajstić information content (AvgIpc) is 3.39. The molecule has 0 fully saturated rings. The van der Waals surface area contributed by atoms with Crippen molar-refractivity contribution >= 4 is 46.3 Å². The van der Waals surface area contributed by atoms with E-state index in [1.165, 1.54) is 29.6 Å². The summed E-state index contributed by atoms with van der Waals surface area (Å²) in [4.78, 5) is 22.5. The number of pyridine rings is 1. The van der Waals surface area contributed by atoms with Crippen LogP contribution in [-0.2, 0) is 4.74 Å². The second-order valence-corrected chi connectivity index (χ2v) is 7.92. The lowest BCUT2D eigenvalue weighted by Gasteiger charge is -2.23. The first-order chi connectivity index (χ1) is 15.4. The van der Waals surface area contributed by atoms with Crippen molar-refractivity contribution in [3.8, 4) is 5.82 Å². The Kier molecular flexibility index (Phi) is 6.21. The van der Waals surface area contributed by atoms with Gasteiger partial charge >= 0.3 is 6.03 Å². The quantitative estimate of drug-likeness (QED) is 0.431. The predicted octanol–water partition coefficient (Wildman–Crippen LogP) is 4.00. The van der Waals surface area contributed by atoms with Crippen LogP contribution in [0.15, 0.2) is 36.9 Å². The van der Waals surface area contributed by atoms with Gasteiger partial charge in [0.1, 0.15) is 6.10 Å². The van der Waals surface area contributed by atoms with Crippen LogP contribution < -0.4 is 10.6 Å². The lowest BCUT2D eigenvalue weighted by molar-refractivity contribution is 0.0600. The third kappa shape index (κ3) is 4.35. The average molecular weight is 476 g/mol. The highest BCUT2D eigenvalue weighted by atomic mass is 35.5. The zero-order chi connectivity index (χ0) is 22.8. The van der Waals surface area contributed by atoms with Gasteiger partial charge in [0.25, 0.3) is 0 Å². The molecule has 4 aromatic heterocycles. The Balaban J connectivity index is 1.60. The Bertz CT molecular complexity index is 1260. The SMILES string of the molecule is CO[C@H](c1c(NC(=O)Nc2cnc(-n3nccn3)c(Cl)c2)cnc2cc(Cl)nn12)C(C)C. The second-order valence-electron chi connectivity index (χ2n) is 7.12. The number of nitrogens with zero attached hydrogens (tertiary/aromatic N) is 7. The van der Waals surface area contributed by atoms with Crippen LogP contribution in [0.2, 0.25) is 10.2 Å². The van der Waals surface area contributed by atoms with Crippen LogP contribution in [0.4, 0.5) is 16.2 Å². The first-order valence-electron chi connectivity index (χ1n) is 9.54. The number of methoxy groups -OCH3 is 1. The highest BCUT2D eigenvalue weighted by molar-refractivity contribution is 6.32. The smallest absolute Gasteiger partial charge is 0.323 e. The summed E-state index contributed by atoms with van der Waals surface area (Å²) in [5, 5.41) is 18.3. The van der Waals surface area contributed by atoms with Crippen LogP contribution in [0.1, 0.15) is 25.6 Å². The maximum atomic E-state index is 12.7. The third-order valence-electron chi connectivity index (χ3n) is 4.56. The molecule has 0 spiro atoms. The van der Waals surface area contributed by atoms with Crippen LogP contribution in [0, 0.1) is 5.92 Å². The fourth-order valence-electron chi connectivity index (χ4n) is 3.25. The van der Waals surface area contributed by atoms with Gasteiger partial charge in [0.2, 0.25) is 0 Å². The van der Waals surface area contributed by atoms with Gasteiger partial charge in [0.15, 0.2) is 16.6 Å². The third-order valence-corrected chi connectivity index (χ3v) is 5.02. The molecule has 0 unspecified atom stereocenters. The summed E-state index contributed by atoms with van der Waals surface area (Å²) >= 11 is 12.3. The standard InChI is InChI=1S/C19H19Cl2N9O2/c1-10(2)17(32-3)16-13(9-22-15-7-14(21)28-29(15)16)27-19(31)26-11-6-12(20)18(23-8-11)30-24-4-5-25-30/h4-10,17H,1-3H3,(H2,26,27,31)/t17-/m0/s1. The molecule has 1 atom stereocenters. The van der Waals surface area contributed by atoms with E-state index in [2.05, 4.69) is 35.9 Å². The van der Waals surface area contributed by atoms with Gasteiger partial charge in [-0.3, -0.25) is 0 Å². The highest BCUT2D eigenvalue weighted by Crippen LogP contribution is 2.32. The zero-order valence-electron chi connectivity index (χ0n) is 17.3. The van der Waals surface area contributed by atoms with Gasteiger partial charge in [0, 0.05) is 13.2 Å². The number of halogens is 2. The monoisotopic (exact) mass is 475 g/mol.